The summed E-state index contributed by atoms with van der Waals surface area (Å²) in [6.45, 7) is 5.54. The molecule has 1 unspecified atom stereocenters. The molecule has 19 heavy (non-hydrogen) atoms. The molecule has 1 rings (SSSR count). The first-order valence-corrected chi connectivity index (χ1v) is 6.76. The third-order valence-corrected chi connectivity index (χ3v) is 3.37. The lowest BCUT2D eigenvalue weighted by Gasteiger charge is -2.18. The van der Waals surface area contributed by atoms with Gasteiger partial charge >= 0.3 is 5.97 Å². The summed E-state index contributed by atoms with van der Waals surface area (Å²) < 4.78 is 9.12. The second-order valence-corrected chi connectivity index (χ2v) is 5.06. The Kier molecular flexibility index (Phi) is 5.29. The zero-order valence-corrected chi connectivity index (χ0v) is 12.6. The van der Waals surface area contributed by atoms with Crippen molar-refractivity contribution in [2.24, 2.45) is 0 Å². The van der Waals surface area contributed by atoms with Crippen molar-refractivity contribution < 1.29 is 14.3 Å². The highest BCUT2D eigenvalue weighted by Gasteiger charge is 2.23. The Morgan fingerprint density at radius 3 is 2.63 bits per heavy atom. The molecule has 1 amide bonds. The predicted octanol–water partition coefficient (Wildman–Crippen LogP) is 1.52. The summed E-state index contributed by atoms with van der Waals surface area (Å²) in [4.78, 5) is 25.1. The zero-order valence-electron chi connectivity index (χ0n) is 11.8. The van der Waals surface area contributed by atoms with Gasteiger partial charge < -0.3 is 15.0 Å². The highest BCUT2D eigenvalue weighted by atomic mass is 32.1. The van der Waals surface area contributed by atoms with Gasteiger partial charge in [-0.25, -0.2) is 4.79 Å². The van der Waals surface area contributed by atoms with Gasteiger partial charge in [0.25, 0.3) is 0 Å². The fraction of sp³-hybridized carbons (Fsp3) is 0.583. The van der Waals surface area contributed by atoms with Crippen molar-refractivity contribution >= 4 is 28.4 Å². The molecule has 0 radical (unpaired) electrons. The molecule has 0 aromatic carbocycles. The van der Waals surface area contributed by atoms with Crippen molar-refractivity contribution in [2.75, 3.05) is 26.0 Å². The second-order valence-electron chi connectivity index (χ2n) is 4.29. The fourth-order valence-electron chi connectivity index (χ4n) is 1.56. The number of nitrogens with one attached hydrogen (secondary N) is 1. The molecule has 0 bridgehead atoms. The number of carbonyl (C=O) groups excluding carboxylic acids is 2. The summed E-state index contributed by atoms with van der Waals surface area (Å²) in [5, 5.41) is 3.58. The van der Waals surface area contributed by atoms with E-state index in [0.29, 0.717) is 22.9 Å². The van der Waals surface area contributed by atoms with E-state index < -0.39 is 12.0 Å². The van der Waals surface area contributed by atoms with Crippen molar-refractivity contribution in [2.45, 2.75) is 26.8 Å². The van der Waals surface area contributed by atoms with Crippen LogP contribution in [-0.2, 0) is 9.53 Å². The van der Waals surface area contributed by atoms with Gasteiger partial charge in [-0.1, -0.05) is 0 Å². The van der Waals surface area contributed by atoms with Crippen LogP contribution in [0.3, 0.4) is 0 Å². The maximum atomic E-state index is 11.8. The third kappa shape index (κ3) is 3.66. The molecule has 1 aromatic heterocycles. The van der Waals surface area contributed by atoms with E-state index in [0.717, 1.165) is 11.5 Å². The van der Waals surface area contributed by atoms with E-state index in [1.165, 1.54) is 4.90 Å². The molecule has 1 heterocycles. The molecule has 6 nitrogen and oxygen atoms in total. The van der Waals surface area contributed by atoms with Crippen LogP contribution in [0.15, 0.2) is 0 Å². The van der Waals surface area contributed by atoms with Crippen molar-refractivity contribution in [1.29, 1.82) is 0 Å². The maximum absolute atomic E-state index is 11.8. The quantitative estimate of drug-likeness (QED) is 0.830. The normalized spacial score (nSPS) is 11.8. The third-order valence-electron chi connectivity index (χ3n) is 2.50. The van der Waals surface area contributed by atoms with Crippen LogP contribution in [0.5, 0.6) is 0 Å². The lowest BCUT2D eigenvalue weighted by atomic mass is 10.2. The van der Waals surface area contributed by atoms with E-state index in [4.69, 9.17) is 4.74 Å². The summed E-state index contributed by atoms with van der Waals surface area (Å²) >= 11 is 1.16. The summed E-state index contributed by atoms with van der Waals surface area (Å²) in [6.07, 6.45) is 0. The number of ether oxygens (including phenoxy) is 1. The van der Waals surface area contributed by atoms with Gasteiger partial charge in [-0.3, -0.25) is 4.79 Å². The van der Waals surface area contributed by atoms with Crippen molar-refractivity contribution in [3.63, 3.8) is 0 Å². The Bertz CT molecular complexity index is 471. The molecule has 0 aliphatic heterocycles. The van der Waals surface area contributed by atoms with Gasteiger partial charge in [0, 0.05) is 14.1 Å². The van der Waals surface area contributed by atoms with E-state index in [-0.39, 0.29) is 5.91 Å². The summed E-state index contributed by atoms with van der Waals surface area (Å²) in [7, 11) is 3.37. The largest absolute Gasteiger partial charge is 0.462 e. The molecular formula is C12H19N3O3S. The predicted molar refractivity (Wildman–Crippen MR) is 74.6 cm³/mol. The van der Waals surface area contributed by atoms with Crippen LogP contribution < -0.4 is 5.32 Å². The van der Waals surface area contributed by atoms with E-state index in [1.54, 1.807) is 34.9 Å². The van der Waals surface area contributed by atoms with E-state index in [1.807, 2.05) is 0 Å². The van der Waals surface area contributed by atoms with Gasteiger partial charge in [-0.05, 0) is 32.3 Å². The minimum atomic E-state index is -0.428. The Hall–Kier alpha value is -1.63. The molecule has 0 aliphatic carbocycles. The monoisotopic (exact) mass is 285 g/mol. The Morgan fingerprint density at radius 1 is 1.47 bits per heavy atom. The Labute approximate surface area is 116 Å². The molecule has 0 aliphatic rings. The average molecular weight is 285 g/mol. The number of aromatic nitrogens is 1. The molecular weight excluding hydrogens is 266 g/mol. The van der Waals surface area contributed by atoms with E-state index >= 15 is 0 Å². The first-order chi connectivity index (χ1) is 8.88. The van der Waals surface area contributed by atoms with Gasteiger partial charge in [0.15, 0.2) is 0 Å². The Morgan fingerprint density at radius 2 is 2.11 bits per heavy atom. The van der Waals surface area contributed by atoms with Crippen LogP contribution in [0.4, 0.5) is 5.00 Å². The molecule has 7 heteroatoms. The van der Waals surface area contributed by atoms with Crippen LogP contribution in [0.1, 0.15) is 29.9 Å². The van der Waals surface area contributed by atoms with Gasteiger partial charge in [0.1, 0.15) is 16.6 Å². The molecule has 0 fully saturated rings. The average Bonchev–Trinajstić information content (AvgIpc) is 2.69. The SMILES string of the molecule is CCOC(=O)c1c(C)nsc1NC(C)C(=O)N(C)C. The number of hydrogen-bond donors (Lipinski definition) is 1. The standard InChI is InChI=1S/C12H19N3O3S/c1-6-18-12(17)9-7(2)14-19-10(9)13-8(3)11(16)15(4)5/h8,13H,6H2,1-5H3. The molecule has 0 saturated carbocycles. The van der Waals surface area contributed by atoms with Gasteiger partial charge in [-0.2, -0.15) is 4.37 Å². The number of amides is 1. The molecule has 1 N–H and O–H groups in total. The minimum Gasteiger partial charge on any atom is -0.462 e. The van der Waals surface area contributed by atoms with Crippen LogP contribution >= 0.6 is 11.5 Å². The topological polar surface area (TPSA) is 71.5 Å². The van der Waals surface area contributed by atoms with Crippen molar-refractivity contribution in [1.82, 2.24) is 9.27 Å². The van der Waals surface area contributed by atoms with Crippen LogP contribution in [0, 0.1) is 6.92 Å². The summed E-state index contributed by atoms with van der Waals surface area (Å²) in [6, 6.07) is -0.428. The fourth-order valence-corrected chi connectivity index (χ4v) is 2.43. The highest BCUT2D eigenvalue weighted by molar-refractivity contribution is 7.10. The van der Waals surface area contributed by atoms with Crippen LogP contribution in [-0.4, -0.2) is 47.9 Å². The number of carbonyl (C=O) groups is 2. The number of aryl methyl sites for hydroxylation is 1. The minimum absolute atomic E-state index is 0.0686. The number of likely N-dealkylation sites (N-methyl/N-ethyl adjacent to an activating group) is 1. The van der Waals surface area contributed by atoms with Gasteiger partial charge in [0.2, 0.25) is 5.91 Å². The number of rotatable bonds is 5. The summed E-state index contributed by atoms with van der Waals surface area (Å²) in [5.74, 6) is -0.485. The summed E-state index contributed by atoms with van der Waals surface area (Å²) in [5.41, 5.74) is 1.01. The van der Waals surface area contributed by atoms with Crippen LogP contribution in [0.2, 0.25) is 0 Å². The maximum Gasteiger partial charge on any atom is 0.343 e. The molecule has 0 saturated heterocycles. The first-order valence-electron chi connectivity index (χ1n) is 5.99. The highest BCUT2D eigenvalue weighted by Crippen LogP contribution is 2.26. The number of esters is 1. The van der Waals surface area contributed by atoms with Crippen molar-refractivity contribution in [3.05, 3.63) is 11.3 Å². The molecule has 0 spiro atoms. The second kappa shape index (κ2) is 6.51. The van der Waals surface area contributed by atoms with E-state index in [9.17, 15) is 9.59 Å². The van der Waals surface area contributed by atoms with Crippen molar-refractivity contribution in [3.8, 4) is 0 Å². The Balaban J connectivity index is 2.90. The lowest BCUT2D eigenvalue weighted by molar-refractivity contribution is -0.129. The molecule has 1 atom stereocenters. The molecule has 106 valence electrons. The number of nitrogens with zero attached hydrogens (tertiary/aromatic N) is 2. The zero-order chi connectivity index (χ0) is 14.6. The number of anilines is 1. The van der Waals surface area contributed by atoms with Crippen LogP contribution in [0.25, 0.3) is 0 Å². The lowest BCUT2D eigenvalue weighted by Crippen LogP contribution is -2.36. The number of hydrogen-bond acceptors (Lipinski definition) is 6. The van der Waals surface area contributed by atoms with E-state index in [2.05, 4.69) is 9.69 Å². The molecule has 1 aromatic rings. The van der Waals surface area contributed by atoms with Gasteiger partial charge in [-0.15, -0.1) is 0 Å². The van der Waals surface area contributed by atoms with Gasteiger partial charge in [0.05, 0.1) is 12.3 Å². The smallest absolute Gasteiger partial charge is 0.343 e. The first kappa shape index (κ1) is 15.4.